The van der Waals surface area contributed by atoms with Crippen LogP contribution in [0, 0.1) is 5.92 Å². The van der Waals surface area contributed by atoms with Crippen LogP contribution < -0.4 is 5.32 Å². The Labute approximate surface area is 114 Å². The first-order valence-electron chi connectivity index (χ1n) is 6.39. The maximum atomic E-state index is 12.0. The Kier molecular flexibility index (Phi) is 4.64. The van der Waals surface area contributed by atoms with E-state index in [1.54, 1.807) is 10.9 Å². The summed E-state index contributed by atoms with van der Waals surface area (Å²) in [7, 11) is 0. The highest BCUT2D eigenvalue weighted by Gasteiger charge is 2.31. The number of rotatable bonds is 4. The number of nitrogens with zero attached hydrogens (tertiary/aromatic N) is 2. The van der Waals surface area contributed by atoms with Crippen molar-refractivity contribution >= 4 is 11.6 Å². The number of halogens is 3. The molecular formula is C12H16F3N3O2. The van der Waals surface area contributed by atoms with E-state index >= 15 is 0 Å². The number of ether oxygens (including phenoxy) is 1. The zero-order valence-electron chi connectivity index (χ0n) is 10.8. The molecule has 2 rings (SSSR count). The van der Waals surface area contributed by atoms with Gasteiger partial charge in [0.1, 0.15) is 6.42 Å². The SMILES string of the molecule is O=C(CC(F)(F)F)Nc1cnn(CC2CCOCC2)c1. The van der Waals surface area contributed by atoms with Gasteiger partial charge in [0.2, 0.25) is 5.91 Å². The molecule has 0 aliphatic carbocycles. The van der Waals surface area contributed by atoms with Crippen LogP contribution in [0.15, 0.2) is 12.4 Å². The summed E-state index contributed by atoms with van der Waals surface area (Å²) in [5.74, 6) is -0.634. The first-order chi connectivity index (χ1) is 9.42. The average molecular weight is 291 g/mol. The Morgan fingerprint density at radius 1 is 1.45 bits per heavy atom. The third-order valence-electron chi connectivity index (χ3n) is 3.06. The van der Waals surface area contributed by atoms with E-state index in [2.05, 4.69) is 10.4 Å². The van der Waals surface area contributed by atoms with Gasteiger partial charge in [-0.15, -0.1) is 0 Å². The van der Waals surface area contributed by atoms with E-state index in [1.807, 2.05) is 0 Å². The quantitative estimate of drug-likeness (QED) is 0.925. The van der Waals surface area contributed by atoms with Gasteiger partial charge in [-0.2, -0.15) is 18.3 Å². The fraction of sp³-hybridized carbons (Fsp3) is 0.667. The maximum absolute atomic E-state index is 12.0. The van der Waals surface area contributed by atoms with Crippen LogP contribution >= 0.6 is 0 Å². The van der Waals surface area contributed by atoms with Crippen LogP contribution in [0.3, 0.4) is 0 Å². The van der Waals surface area contributed by atoms with Gasteiger partial charge in [0.05, 0.1) is 11.9 Å². The molecule has 8 heteroatoms. The molecule has 0 saturated carbocycles. The van der Waals surface area contributed by atoms with E-state index in [0.717, 1.165) is 26.1 Å². The maximum Gasteiger partial charge on any atom is 0.397 e. The summed E-state index contributed by atoms with van der Waals surface area (Å²) in [6.45, 7) is 2.13. The Balaban J connectivity index is 1.84. The van der Waals surface area contributed by atoms with Crippen LogP contribution in [0.5, 0.6) is 0 Å². The Hall–Kier alpha value is -1.57. The Bertz CT molecular complexity index is 453. The van der Waals surface area contributed by atoms with Gasteiger partial charge in [0.25, 0.3) is 0 Å². The van der Waals surface area contributed by atoms with E-state index in [9.17, 15) is 18.0 Å². The average Bonchev–Trinajstić information content (AvgIpc) is 2.75. The number of alkyl halides is 3. The van der Waals surface area contributed by atoms with Crippen molar-refractivity contribution < 1.29 is 22.7 Å². The summed E-state index contributed by atoms with van der Waals surface area (Å²) < 4.78 is 43.0. The van der Waals surface area contributed by atoms with Crippen molar-refractivity contribution in [2.24, 2.45) is 5.92 Å². The van der Waals surface area contributed by atoms with E-state index < -0.39 is 18.5 Å². The van der Waals surface area contributed by atoms with E-state index in [4.69, 9.17) is 4.74 Å². The number of anilines is 1. The monoisotopic (exact) mass is 291 g/mol. The number of aromatic nitrogens is 2. The third kappa shape index (κ3) is 4.84. The molecule has 1 N–H and O–H groups in total. The van der Waals surface area contributed by atoms with Gasteiger partial charge in [-0.3, -0.25) is 9.48 Å². The third-order valence-corrected chi connectivity index (χ3v) is 3.06. The van der Waals surface area contributed by atoms with Crippen LogP contribution in [0.1, 0.15) is 19.3 Å². The molecule has 1 fully saturated rings. The second-order valence-corrected chi connectivity index (χ2v) is 4.85. The van der Waals surface area contributed by atoms with Crippen LogP contribution in [0.2, 0.25) is 0 Å². The smallest absolute Gasteiger partial charge is 0.381 e. The molecule has 112 valence electrons. The van der Waals surface area contributed by atoms with Crippen LogP contribution in [-0.4, -0.2) is 35.1 Å². The fourth-order valence-electron chi connectivity index (χ4n) is 2.11. The van der Waals surface area contributed by atoms with E-state index in [-0.39, 0.29) is 5.69 Å². The van der Waals surface area contributed by atoms with Crippen molar-refractivity contribution in [3.05, 3.63) is 12.4 Å². The van der Waals surface area contributed by atoms with Crippen molar-refractivity contribution in [1.82, 2.24) is 9.78 Å². The van der Waals surface area contributed by atoms with Crippen LogP contribution in [-0.2, 0) is 16.1 Å². The molecule has 0 atom stereocenters. The number of carbonyl (C=O) groups excluding carboxylic acids is 1. The van der Waals surface area contributed by atoms with Gasteiger partial charge in [-0.1, -0.05) is 0 Å². The molecule has 0 aromatic carbocycles. The van der Waals surface area contributed by atoms with E-state index in [1.165, 1.54) is 6.20 Å². The summed E-state index contributed by atoms with van der Waals surface area (Å²) in [5.41, 5.74) is 0.284. The first-order valence-corrected chi connectivity index (χ1v) is 6.39. The summed E-state index contributed by atoms with van der Waals surface area (Å²) in [6.07, 6.45) is -1.21. The van der Waals surface area contributed by atoms with Gasteiger partial charge in [-0.25, -0.2) is 0 Å². The molecule has 1 saturated heterocycles. The number of amides is 1. The molecule has 1 aliphatic rings. The van der Waals surface area contributed by atoms with Gasteiger partial charge in [-0.05, 0) is 18.8 Å². The highest BCUT2D eigenvalue weighted by Crippen LogP contribution is 2.21. The lowest BCUT2D eigenvalue weighted by atomic mass is 10.0. The van der Waals surface area contributed by atoms with Crippen LogP contribution in [0.25, 0.3) is 0 Å². The van der Waals surface area contributed by atoms with Crippen molar-refractivity contribution in [2.75, 3.05) is 18.5 Å². The minimum Gasteiger partial charge on any atom is -0.381 e. The lowest BCUT2D eigenvalue weighted by Crippen LogP contribution is -2.21. The molecular weight excluding hydrogens is 275 g/mol. The van der Waals surface area contributed by atoms with Gasteiger partial charge < -0.3 is 10.1 Å². The van der Waals surface area contributed by atoms with Gasteiger partial charge in [0, 0.05) is 26.0 Å². The topological polar surface area (TPSA) is 56.2 Å². The molecule has 2 heterocycles. The molecule has 1 aliphatic heterocycles. The van der Waals surface area contributed by atoms with E-state index in [0.29, 0.717) is 12.5 Å². The number of nitrogens with one attached hydrogen (secondary N) is 1. The van der Waals surface area contributed by atoms with Crippen molar-refractivity contribution in [3.8, 4) is 0 Å². The van der Waals surface area contributed by atoms with Crippen molar-refractivity contribution in [3.63, 3.8) is 0 Å². The molecule has 0 radical (unpaired) electrons. The molecule has 20 heavy (non-hydrogen) atoms. The molecule has 1 aromatic heterocycles. The highest BCUT2D eigenvalue weighted by molar-refractivity contribution is 5.90. The summed E-state index contributed by atoms with van der Waals surface area (Å²) in [4.78, 5) is 11.1. The van der Waals surface area contributed by atoms with Gasteiger partial charge in [0.15, 0.2) is 0 Å². The lowest BCUT2D eigenvalue weighted by Gasteiger charge is -2.21. The predicted octanol–water partition coefficient (Wildman–Crippen LogP) is 2.20. The van der Waals surface area contributed by atoms with Crippen LogP contribution in [0.4, 0.5) is 18.9 Å². The number of carbonyl (C=O) groups is 1. The minimum absolute atomic E-state index is 0.284. The zero-order chi connectivity index (χ0) is 14.6. The van der Waals surface area contributed by atoms with Crippen molar-refractivity contribution in [2.45, 2.75) is 32.0 Å². The second-order valence-electron chi connectivity index (χ2n) is 4.85. The first kappa shape index (κ1) is 14.8. The summed E-state index contributed by atoms with van der Waals surface area (Å²) in [6, 6.07) is 0. The fourth-order valence-corrected chi connectivity index (χ4v) is 2.11. The molecule has 1 aromatic rings. The zero-order valence-corrected chi connectivity index (χ0v) is 10.8. The highest BCUT2D eigenvalue weighted by atomic mass is 19.4. The molecule has 0 unspecified atom stereocenters. The lowest BCUT2D eigenvalue weighted by molar-refractivity contribution is -0.150. The molecule has 0 bridgehead atoms. The Morgan fingerprint density at radius 2 is 2.15 bits per heavy atom. The molecule has 1 amide bonds. The largest absolute Gasteiger partial charge is 0.397 e. The molecule has 0 spiro atoms. The van der Waals surface area contributed by atoms with Crippen molar-refractivity contribution in [1.29, 1.82) is 0 Å². The summed E-state index contributed by atoms with van der Waals surface area (Å²) >= 11 is 0. The number of hydrogen-bond donors (Lipinski definition) is 1. The normalized spacial score (nSPS) is 17.1. The van der Waals surface area contributed by atoms with Gasteiger partial charge >= 0.3 is 6.18 Å². The Morgan fingerprint density at radius 3 is 2.80 bits per heavy atom. The number of hydrogen-bond acceptors (Lipinski definition) is 3. The molecule has 5 nitrogen and oxygen atoms in total. The summed E-state index contributed by atoms with van der Waals surface area (Å²) in [5, 5.41) is 6.23. The second kappa shape index (κ2) is 6.25. The standard InChI is InChI=1S/C12H16F3N3O2/c13-12(14,15)5-11(19)17-10-6-16-18(8-10)7-9-1-3-20-4-2-9/h6,8-9H,1-5,7H2,(H,17,19). The predicted molar refractivity (Wildman–Crippen MR) is 65.1 cm³/mol. The minimum atomic E-state index is -4.50.